The molecule has 11 heteroatoms. The molecule has 4 rings (SSSR count). The monoisotopic (exact) mass is 546 g/mol. The molecule has 0 bridgehead atoms. The Bertz CT molecular complexity index is 1290. The van der Waals surface area contributed by atoms with E-state index in [9.17, 15) is 31.9 Å². The molecule has 2 aliphatic rings. The third-order valence-electron chi connectivity index (χ3n) is 6.90. The number of rotatable bonds is 8. The molecule has 2 aromatic rings. The Morgan fingerprint density at radius 3 is 2.38 bits per heavy atom. The Morgan fingerprint density at radius 2 is 1.77 bits per heavy atom. The first-order valence-corrected chi connectivity index (χ1v) is 12.7. The van der Waals surface area contributed by atoms with Gasteiger partial charge in [-0.3, -0.25) is 14.5 Å². The van der Waals surface area contributed by atoms with Crippen LogP contribution >= 0.6 is 0 Å². The summed E-state index contributed by atoms with van der Waals surface area (Å²) in [5.41, 5.74) is -0.220. The largest absolute Gasteiger partial charge is 0.416 e. The summed E-state index contributed by atoms with van der Waals surface area (Å²) in [5.74, 6) is -1.46. The number of amides is 4. The van der Waals surface area contributed by atoms with E-state index in [0.29, 0.717) is 12.0 Å². The van der Waals surface area contributed by atoms with E-state index < -0.39 is 47.5 Å². The molecule has 0 fully saturated rings. The number of benzene rings is 2. The topological polar surface area (TPSA) is 81.8 Å². The quantitative estimate of drug-likeness (QED) is 0.469. The van der Waals surface area contributed by atoms with Crippen molar-refractivity contribution in [3.8, 4) is 0 Å². The summed E-state index contributed by atoms with van der Waals surface area (Å²) in [6.07, 6.45) is -4.41. The fourth-order valence-electron chi connectivity index (χ4n) is 5.07. The van der Waals surface area contributed by atoms with Crippen LogP contribution in [0, 0.1) is 11.7 Å². The van der Waals surface area contributed by atoms with Gasteiger partial charge < -0.3 is 15.5 Å². The minimum absolute atomic E-state index is 0.000728. The number of hydrogen-bond donors (Lipinski definition) is 2. The SMILES string of the molecule is CCN1C(=O)N[C@H](c2ccccc2C(F)(F)F)C2=C1CN([C@H](CC(C)C)C(=O)NCc1ccc(F)cc1)C2=O. The molecule has 7 nitrogen and oxygen atoms in total. The zero-order valence-electron chi connectivity index (χ0n) is 21.8. The van der Waals surface area contributed by atoms with Gasteiger partial charge in [-0.05, 0) is 48.6 Å². The maximum atomic E-state index is 13.9. The van der Waals surface area contributed by atoms with Gasteiger partial charge in [-0.2, -0.15) is 13.2 Å². The molecular formula is C28H30F4N4O3. The second-order valence-corrected chi connectivity index (χ2v) is 9.99. The fraction of sp³-hybridized carbons (Fsp3) is 0.393. The Balaban J connectivity index is 1.68. The standard InChI is InChI=1S/C28H30F4N4O3/c1-4-35-22-15-36(21(13-16(2)3)25(37)33-14-17-9-11-18(29)12-10-17)26(38)23(22)24(34-27(35)39)19-7-5-6-8-20(19)28(30,31)32/h5-12,16,21,24H,4,13-15H2,1-3H3,(H,33,37)(H,34,39)/t21-,24-/m1/s1. The molecule has 0 radical (unpaired) electrons. The minimum atomic E-state index is -4.70. The number of likely N-dealkylation sites (N-methyl/N-ethyl adjacent to an activating group) is 1. The van der Waals surface area contributed by atoms with E-state index in [1.807, 2.05) is 13.8 Å². The van der Waals surface area contributed by atoms with Crippen molar-refractivity contribution in [3.05, 3.63) is 82.3 Å². The molecule has 39 heavy (non-hydrogen) atoms. The summed E-state index contributed by atoms with van der Waals surface area (Å²) in [6, 6.07) is 7.57. The van der Waals surface area contributed by atoms with Crippen molar-refractivity contribution in [1.29, 1.82) is 0 Å². The van der Waals surface area contributed by atoms with Gasteiger partial charge in [-0.25, -0.2) is 9.18 Å². The van der Waals surface area contributed by atoms with E-state index in [-0.39, 0.29) is 42.4 Å². The number of carbonyl (C=O) groups excluding carboxylic acids is 3. The van der Waals surface area contributed by atoms with E-state index in [4.69, 9.17) is 0 Å². The molecule has 0 unspecified atom stereocenters. The van der Waals surface area contributed by atoms with Crippen LogP contribution in [0.2, 0.25) is 0 Å². The first-order chi connectivity index (χ1) is 18.4. The highest BCUT2D eigenvalue weighted by molar-refractivity contribution is 6.03. The van der Waals surface area contributed by atoms with Crippen molar-refractivity contribution >= 4 is 17.8 Å². The minimum Gasteiger partial charge on any atom is -0.350 e. The Kier molecular flexibility index (Phi) is 7.99. The van der Waals surface area contributed by atoms with Crippen LogP contribution in [0.3, 0.4) is 0 Å². The highest BCUT2D eigenvalue weighted by Crippen LogP contribution is 2.42. The smallest absolute Gasteiger partial charge is 0.350 e. The number of carbonyl (C=O) groups is 3. The average Bonchev–Trinajstić information content (AvgIpc) is 3.22. The molecule has 208 valence electrons. The van der Waals surface area contributed by atoms with E-state index in [1.165, 1.54) is 52.3 Å². The second kappa shape index (κ2) is 11.1. The van der Waals surface area contributed by atoms with Gasteiger partial charge in [-0.15, -0.1) is 0 Å². The van der Waals surface area contributed by atoms with Gasteiger partial charge in [0, 0.05) is 13.1 Å². The predicted octanol–water partition coefficient (Wildman–Crippen LogP) is 4.76. The molecule has 0 spiro atoms. The summed E-state index contributed by atoms with van der Waals surface area (Å²) in [4.78, 5) is 42.9. The number of nitrogens with zero attached hydrogens (tertiary/aromatic N) is 2. The third-order valence-corrected chi connectivity index (χ3v) is 6.90. The predicted molar refractivity (Wildman–Crippen MR) is 135 cm³/mol. The lowest BCUT2D eigenvalue weighted by Gasteiger charge is -2.33. The summed E-state index contributed by atoms with van der Waals surface area (Å²) < 4.78 is 54.9. The zero-order valence-corrected chi connectivity index (χ0v) is 21.8. The summed E-state index contributed by atoms with van der Waals surface area (Å²) in [7, 11) is 0. The van der Waals surface area contributed by atoms with Gasteiger partial charge in [0.25, 0.3) is 5.91 Å². The zero-order chi connectivity index (χ0) is 28.5. The molecule has 2 heterocycles. The van der Waals surface area contributed by atoms with Crippen LogP contribution in [-0.4, -0.2) is 46.8 Å². The van der Waals surface area contributed by atoms with Gasteiger partial charge in [0.1, 0.15) is 11.9 Å². The molecule has 2 aliphatic heterocycles. The third kappa shape index (κ3) is 5.76. The van der Waals surface area contributed by atoms with Crippen LogP contribution in [0.5, 0.6) is 0 Å². The normalized spacial score (nSPS) is 18.4. The number of nitrogens with one attached hydrogen (secondary N) is 2. The van der Waals surface area contributed by atoms with Crippen LogP contribution in [-0.2, 0) is 22.3 Å². The lowest BCUT2D eigenvalue weighted by atomic mass is 9.91. The number of alkyl halides is 3. The van der Waals surface area contributed by atoms with Crippen LogP contribution in [0.15, 0.2) is 59.8 Å². The fourth-order valence-corrected chi connectivity index (χ4v) is 5.07. The average molecular weight is 547 g/mol. The Labute approximate surface area is 223 Å². The molecule has 0 aliphatic carbocycles. The van der Waals surface area contributed by atoms with Gasteiger partial charge in [-0.1, -0.05) is 44.2 Å². The first kappa shape index (κ1) is 28.1. The van der Waals surface area contributed by atoms with Gasteiger partial charge in [0.2, 0.25) is 5.91 Å². The highest BCUT2D eigenvalue weighted by Gasteiger charge is 2.48. The molecule has 2 aromatic carbocycles. The summed E-state index contributed by atoms with van der Waals surface area (Å²) in [6.45, 7) is 5.67. The van der Waals surface area contributed by atoms with E-state index in [2.05, 4.69) is 10.6 Å². The number of halogens is 4. The van der Waals surface area contributed by atoms with E-state index >= 15 is 0 Å². The molecular weight excluding hydrogens is 516 g/mol. The van der Waals surface area contributed by atoms with Crippen molar-refractivity contribution in [3.63, 3.8) is 0 Å². The van der Waals surface area contributed by atoms with E-state index in [1.54, 1.807) is 6.92 Å². The Morgan fingerprint density at radius 1 is 1.10 bits per heavy atom. The second-order valence-electron chi connectivity index (χ2n) is 9.99. The lowest BCUT2D eigenvalue weighted by Crippen LogP contribution is -2.49. The van der Waals surface area contributed by atoms with Crippen LogP contribution in [0.25, 0.3) is 0 Å². The van der Waals surface area contributed by atoms with Crippen LogP contribution in [0.4, 0.5) is 22.4 Å². The van der Waals surface area contributed by atoms with Gasteiger partial charge >= 0.3 is 12.2 Å². The molecule has 0 aromatic heterocycles. The van der Waals surface area contributed by atoms with E-state index in [0.717, 1.165) is 6.07 Å². The van der Waals surface area contributed by atoms with Crippen molar-refractivity contribution in [2.24, 2.45) is 5.92 Å². The number of hydrogen-bond acceptors (Lipinski definition) is 3. The summed E-state index contributed by atoms with van der Waals surface area (Å²) in [5, 5.41) is 5.37. The molecule has 2 N–H and O–H groups in total. The van der Waals surface area contributed by atoms with Crippen LogP contribution < -0.4 is 10.6 Å². The van der Waals surface area contributed by atoms with Crippen molar-refractivity contribution < 1.29 is 31.9 Å². The molecule has 0 saturated heterocycles. The Hall–Kier alpha value is -3.89. The van der Waals surface area contributed by atoms with Crippen LogP contribution in [0.1, 0.15) is 49.9 Å². The molecule has 0 saturated carbocycles. The lowest BCUT2D eigenvalue weighted by molar-refractivity contribution is -0.139. The highest BCUT2D eigenvalue weighted by atomic mass is 19.4. The van der Waals surface area contributed by atoms with Crippen molar-refractivity contribution in [1.82, 2.24) is 20.4 Å². The number of urea groups is 1. The van der Waals surface area contributed by atoms with Crippen molar-refractivity contribution in [2.75, 3.05) is 13.1 Å². The maximum absolute atomic E-state index is 13.9. The van der Waals surface area contributed by atoms with Gasteiger partial charge in [0.05, 0.1) is 29.4 Å². The molecule has 4 amide bonds. The molecule has 2 atom stereocenters. The van der Waals surface area contributed by atoms with Gasteiger partial charge in [0.15, 0.2) is 0 Å². The maximum Gasteiger partial charge on any atom is 0.416 e. The van der Waals surface area contributed by atoms with Crippen molar-refractivity contribution in [2.45, 2.75) is 52.0 Å². The summed E-state index contributed by atoms with van der Waals surface area (Å²) >= 11 is 0. The first-order valence-electron chi connectivity index (χ1n) is 12.7.